The van der Waals surface area contributed by atoms with Crippen molar-refractivity contribution >= 4 is 27.3 Å². The first-order valence-corrected chi connectivity index (χ1v) is 6.89. The van der Waals surface area contributed by atoms with E-state index in [0.29, 0.717) is 5.71 Å². The highest BCUT2D eigenvalue weighted by Gasteiger charge is 2.33. The predicted octanol–water partition coefficient (Wildman–Crippen LogP) is 5.30. The number of anilines is 1. The highest BCUT2D eigenvalue weighted by Crippen LogP contribution is 2.34. The first-order chi connectivity index (χ1) is 9.88. The van der Waals surface area contributed by atoms with Gasteiger partial charge in [-0.1, -0.05) is 40.2 Å². The minimum atomic E-state index is -4.41. The van der Waals surface area contributed by atoms with E-state index in [9.17, 15) is 13.2 Å². The van der Waals surface area contributed by atoms with Crippen LogP contribution in [0.4, 0.5) is 18.9 Å². The van der Waals surface area contributed by atoms with Crippen molar-refractivity contribution < 1.29 is 13.2 Å². The van der Waals surface area contributed by atoms with Gasteiger partial charge in [-0.05, 0) is 36.8 Å². The lowest BCUT2D eigenvalue weighted by Crippen LogP contribution is -2.09. The van der Waals surface area contributed by atoms with E-state index >= 15 is 0 Å². The fourth-order valence-electron chi connectivity index (χ4n) is 1.75. The Morgan fingerprint density at radius 2 is 1.81 bits per heavy atom. The number of nitrogens with one attached hydrogen (secondary N) is 1. The Morgan fingerprint density at radius 3 is 2.48 bits per heavy atom. The molecular formula is C15H12BrF3N2. The van der Waals surface area contributed by atoms with Gasteiger partial charge in [0.05, 0.1) is 17.0 Å². The average Bonchev–Trinajstić information content (AvgIpc) is 2.44. The van der Waals surface area contributed by atoms with Gasteiger partial charge in [0.1, 0.15) is 0 Å². The van der Waals surface area contributed by atoms with Crippen LogP contribution in [0.5, 0.6) is 0 Å². The highest BCUT2D eigenvalue weighted by atomic mass is 79.9. The molecule has 0 bridgehead atoms. The molecule has 110 valence electrons. The summed E-state index contributed by atoms with van der Waals surface area (Å²) in [4.78, 5) is 0. The number of rotatable bonds is 3. The first kappa shape index (κ1) is 15.6. The number of alkyl halides is 3. The fourth-order valence-corrected chi connectivity index (χ4v) is 2.15. The summed E-state index contributed by atoms with van der Waals surface area (Å²) in [5.74, 6) is 0. The largest absolute Gasteiger partial charge is 0.418 e. The molecule has 2 rings (SSSR count). The molecule has 0 unspecified atom stereocenters. The van der Waals surface area contributed by atoms with Crippen molar-refractivity contribution in [2.45, 2.75) is 13.1 Å². The van der Waals surface area contributed by atoms with Crippen LogP contribution in [0.3, 0.4) is 0 Å². The summed E-state index contributed by atoms with van der Waals surface area (Å²) < 4.78 is 39.4. The summed E-state index contributed by atoms with van der Waals surface area (Å²) in [7, 11) is 0. The Labute approximate surface area is 128 Å². The molecule has 0 fully saturated rings. The zero-order valence-corrected chi connectivity index (χ0v) is 12.7. The quantitative estimate of drug-likeness (QED) is 0.585. The Morgan fingerprint density at radius 1 is 1.10 bits per heavy atom. The first-order valence-electron chi connectivity index (χ1n) is 6.10. The Bertz CT molecular complexity index is 666. The lowest BCUT2D eigenvalue weighted by atomic mass is 10.1. The highest BCUT2D eigenvalue weighted by molar-refractivity contribution is 9.10. The number of para-hydroxylation sites is 1. The zero-order chi connectivity index (χ0) is 15.5. The Hall–Kier alpha value is -1.82. The van der Waals surface area contributed by atoms with E-state index in [1.54, 1.807) is 6.92 Å². The third-order valence-electron chi connectivity index (χ3n) is 2.82. The third kappa shape index (κ3) is 4.07. The van der Waals surface area contributed by atoms with Crippen LogP contribution in [-0.2, 0) is 6.18 Å². The fraction of sp³-hybridized carbons (Fsp3) is 0.133. The SMILES string of the molecule is C/C(=N/Nc1ccccc1C(F)(F)F)c1cccc(Br)c1. The van der Waals surface area contributed by atoms with E-state index in [1.807, 2.05) is 24.3 Å². The molecular weight excluding hydrogens is 345 g/mol. The summed E-state index contributed by atoms with van der Waals surface area (Å²) in [6, 6.07) is 12.6. The summed E-state index contributed by atoms with van der Waals surface area (Å²) in [6.45, 7) is 1.73. The van der Waals surface area contributed by atoms with Crippen LogP contribution in [0, 0.1) is 0 Å². The molecule has 0 aliphatic carbocycles. The molecule has 2 nitrogen and oxygen atoms in total. The van der Waals surface area contributed by atoms with Crippen molar-refractivity contribution in [3.63, 3.8) is 0 Å². The standard InChI is InChI=1S/C15H12BrF3N2/c1-10(11-5-4-6-12(16)9-11)20-21-14-8-3-2-7-13(14)15(17,18)19/h2-9,21H,1H3/b20-10-. The van der Waals surface area contributed by atoms with E-state index < -0.39 is 11.7 Å². The second kappa shape index (κ2) is 6.30. The number of halogens is 4. The van der Waals surface area contributed by atoms with Crippen molar-refractivity contribution in [3.05, 3.63) is 64.1 Å². The molecule has 0 saturated carbocycles. The smallest absolute Gasteiger partial charge is 0.278 e. The lowest BCUT2D eigenvalue weighted by molar-refractivity contribution is -0.136. The van der Waals surface area contributed by atoms with Gasteiger partial charge in [0.15, 0.2) is 0 Å². The topological polar surface area (TPSA) is 24.4 Å². The van der Waals surface area contributed by atoms with Crippen LogP contribution in [0.2, 0.25) is 0 Å². The van der Waals surface area contributed by atoms with Gasteiger partial charge in [-0.15, -0.1) is 0 Å². The summed E-state index contributed by atoms with van der Waals surface area (Å²) in [5.41, 5.74) is 3.09. The molecule has 0 aliphatic heterocycles. The molecule has 0 aromatic heterocycles. The average molecular weight is 357 g/mol. The van der Waals surface area contributed by atoms with Crippen LogP contribution in [0.1, 0.15) is 18.1 Å². The van der Waals surface area contributed by atoms with Gasteiger partial charge in [0.25, 0.3) is 0 Å². The van der Waals surface area contributed by atoms with Crippen molar-refractivity contribution in [1.29, 1.82) is 0 Å². The molecule has 2 aromatic carbocycles. The molecule has 21 heavy (non-hydrogen) atoms. The van der Waals surface area contributed by atoms with Crippen molar-refractivity contribution in [2.75, 3.05) is 5.43 Å². The monoisotopic (exact) mass is 356 g/mol. The minimum Gasteiger partial charge on any atom is -0.278 e. The van der Waals surface area contributed by atoms with Crippen LogP contribution >= 0.6 is 15.9 Å². The molecule has 0 atom stereocenters. The summed E-state index contributed by atoms with van der Waals surface area (Å²) >= 11 is 3.34. The molecule has 0 saturated heterocycles. The van der Waals surface area contributed by atoms with E-state index in [4.69, 9.17) is 0 Å². The molecule has 2 aromatic rings. The Balaban J connectivity index is 2.25. The van der Waals surface area contributed by atoms with Gasteiger partial charge in [-0.2, -0.15) is 18.3 Å². The molecule has 0 heterocycles. The number of hydrogen-bond donors (Lipinski definition) is 1. The van der Waals surface area contributed by atoms with Crippen LogP contribution in [0.25, 0.3) is 0 Å². The van der Waals surface area contributed by atoms with E-state index in [1.165, 1.54) is 18.2 Å². The van der Waals surface area contributed by atoms with Gasteiger partial charge in [0, 0.05) is 4.47 Å². The maximum absolute atomic E-state index is 12.9. The maximum atomic E-state index is 12.9. The molecule has 0 radical (unpaired) electrons. The second-order valence-electron chi connectivity index (χ2n) is 4.36. The van der Waals surface area contributed by atoms with E-state index in [2.05, 4.69) is 26.5 Å². The van der Waals surface area contributed by atoms with Gasteiger partial charge >= 0.3 is 6.18 Å². The molecule has 6 heteroatoms. The molecule has 1 N–H and O–H groups in total. The maximum Gasteiger partial charge on any atom is 0.418 e. The third-order valence-corrected chi connectivity index (χ3v) is 3.31. The van der Waals surface area contributed by atoms with Gasteiger partial charge in [0.2, 0.25) is 0 Å². The minimum absolute atomic E-state index is 0.0700. The zero-order valence-electron chi connectivity index (χ0n) is 11.1. The molecule has 0 spiro atoms. The van der Waals surface area contributed by atoms with E-state index in [0.717, 1.165) is 16.1 Å². The lowest BCUT2D eigenvalue weighted by Gasteiger charge is -2.12. The normalized spacial score (nSPS) is 12.3. The number of benzene rings is 2. The summed E-state index contributed by atoms with van der Waals surface area (Å²) in [6.07, 6.45) is -4.41. The Kier molecular flexibility index (Phi) is 4.67. The van der Waals surface area contributed by atoms with Gasteiger partial charge in [-0.3, -0.25) is 5.43 Å². The van der Waals surface area contributed by atoms with Gasteiger partial charge in [-0.25, -0.2) is 0 Å². The summed E-state index contributed by atoms with van der Waals surface area (Å²) in [5, 5.41) is 4.03. The molecule has 0 aliphatic rings. The molecule has 0 amide bonds. The van der Waals surface area contributed by atoms with Crippen LogP contribution in [0.15, 0.2) is 58.1 Å². The number of hydrogen-bond acceptors (Lipinski definition) is 2. The van der Waals surface area contributed by atoms with Crippen molar-refractivity contribution in [2.24, 2.45) is 5.10 Å². The van der Waals surface area contributed by atoms with Crippen LogP contribution < -0.4 is 5.43 Å². The predicted molar refractivity (Wildman–Crippen MR) is 81.4 cm³/mol. The van der Waals surface area contributed by atoms with Gasteiger partial charge < -0.3 is 0 Å². The van der Waals surface area contributed by atoms with Crippen molar-refractivity contribution in [3.8, 4) is 0 Å². The van der Waals surface area contributed by atoms with Crippen molar-refractivity contribution in [1.82, 2.24) is 0 Å². The van der Waals surface area contributed by atoms with E-state index in [-0.39, 0.29) is 5.69 Å². The number of nitrogens with zero attached hydrogens (tertiary/aromatic N) is 1. The number of hydrazone groups is 1. The second-order valence-corrected chi connectivity index (χ2v) is 5.28. The van der Waals surface area contributed by atoms with Crippen LogP contribution in [-0.4, -0.2) is 5.71 Å².